The van der Waals surface area contributed by atoms with Crippen LogP contribution >= 0.6 is 11.8 Å². The normalized spacial score (nSPS) is 10.5. The number of hydrogen-bond donors (Lipinski definition) is 2. The minimum absolute atomic E-state index is 0.0201. The van der Waals surface area contributed by atoms with Crippen molar-refractivity contribution in [3.8, 4) is 17.1 Å². The Morgan fingerprint density at radius 1 is 1.23 bits per heavy atom. The van der Waals surface area contributed by atoms with Crippen molar-refractivity contribution < 1.29 is 13.9 Å². The van der Waals surface area contributed by atoms with Crippen molar-refractivity contribution in [2.75, 3.05) is 24.0 Å². The van der Waals surface area contributed by atoms with Crippen LogP contribution in [0.3, 0.4) is 0 Å². The van der Waals surface area contributed by atoms with Gasteiger partial charge in [-0.1, -0.05) is 23.9 Å². The molecular formula is C17H16FN5O2S. The van der Waals surface area contributed by atoms with E-state index in [9.17, 15) is 9.18 Å². The maximum Gasteiger partial charge on any atom is 0.234 e. The number of nitrogens with zero attached hydrogens (tertiary/aromatic N) is 3. The molecule has 1 heterocycles. The Kier molecular flexibility index (Phi) is 5.37. The third-order valence-corrected chi connectivity index (χ3v) is 4.44. The van der Waals surface area contributed by atoms with Gasteiger partial charge in [-0.05, 0) is 36.4 Å². The average Bonchev–Trinajstić information content (AvgIpc) is 3.02. The van der Waals surface area contributed by atoms with Crippen LogP contribution in [0.2, 0.25) is 0 Å². The molecule has 7 nitrogen and oxygen atoms in total. The van der Waals surface area contributed by atoms with Crippen molar-refractivity contribution in [2.24, 2.45) is 0 Å². The van der Waals surface area contributed by atoms with Crippen molar-refractivity contribution >= 4 is 23.4 Å². The maximum absolute atomic E-state index is 13.5. The molecule has 0 aliphatic rings. The van der Waals surface area contributed by atoms with Crippen molar-refractivity contribution in [3.63, 3.8) is 0 Å². The van der Waals surface area contributed by atoms with E-state index in [1.54, 1.807) is 31.4 Å². The molecule has 0 unspecified atom stereocenters. The number of thioether (sulfide) groups is 1. The molecule has 3 rings (SSSR count). The van der Waals surface area contributed by atoms with Crippen molar-refractivity contribution in [1.82, 2.24) is 14.9 Å². The van der Waals surface area contributed by atoms with E-state index in [1.165, 1.54) is 16.8 Å². The Labute approximate surface area is 153 Å². The van der Waals surface area contributed by atoms with E-state index < -0.39 is 5.82 Å². The molecule has 26 heavy (non-hydrogen) atoms. The minimum Gasteiger partial charge on any atom is -0.497 e. The summed E-state index contributed by atoms with van der Waals surface area (Å²) in [6.07, 6.45) is 0. The summed E-state index contributed by atoms with van der Waals surface area (Å²) in [7, 11) is 1.58. The number of hydrogen-bond acceptors (Lipinski definition) is 6. The highest BCUT2D eigenvalue weighted by atomic mass is 32.2. The zero-order valence-electron chi connectivity index (χ0n) is 13.8. The first-order valence-electron chi connectivity index (χ1n) is 7.60. The Bertz CT molecular complexity index is 914. The van der Waals surface area contributed by atoms with E-state index in [1.807, 2.05) is 12.1 Å². The number of nitrogens with two attached hydrogens (primary N) is 1. The first kappa shape index (κ1) is 17.7. The number of rotatable bonds is 6. The fraction of sp³-hybridized carbons (Fsp3) is 0.118. The summed E-state index contributed by atoms with van der Waals surface area (Å²) < 4.78 is 20.0. The number of ether oxygens (including phenoxy) is 1. The van der Waals surface area contributed by atoms with Crippen LogP contribution in [0.15, 0.2) is 53.7 Å². The number of benzene rings is 2. The number of carbonyl (C=O) groups is 1. The lowest BCUT2D eigenvalue weighted by atomic mass is 10.2. The maximum atomic E-state index is 13.5. The van der Waals surface area contributed by atoms with E-state index in [-0.39, 0.29) is 17.3 Å². The molecule has 2 aromatic carbocycles. The topological polar surface area (TPSA) is 95.1 Å². The molecule has 0 aliphatic carbocycles. The van der Waals surface area contributed by atoms with Crippen LogP contribution in [-0.4, -0.2) is 33.6 Å². The summed E-state index contributed by atoms with van der Waals surface area (Å²) >= 11 is 1.11. The zero-order chi connectivity index (χ0) is 18.5. The Hall–Kier alpha value is -3.07. The molecule has 1 aromatic heterocycles. The summed E-state index contributed by atoms with van der Waals surface area (Å²) in [5.74, 6) is 6.36. The lowest BCUT2D eigenvalue weighted by Crippen LogP contribution is -2.17. The molecule has 0 saturated heterocycles. The summed E-state index contributed by atoms with van der Waals surface area (Å²) in [6.45, 7) is 0. The second-order valence-corrected chi connectivity index (χ2v) is 6.16. The summed E-state index contributed by atoms with van der Waals surface area (Å²) in [5, 5.41) is 10.9. The molecule has 1 amide bonds. The van der Waals surface area contributed by atoms with E-state index in [4.69, 9.17) is 10.6 Å². The predicted octanol–water partition coefficient (Wildman–Crippen LogP) is 2.54. The zero-order valence-corrected chi connectivity index (χ0v) is 14.7. The number of nitrogens with one attached hydrogen (secondary N) is 1. The van der Waals surface area contributed by atoms with E-state index >= 15 is 0 Å². The van der Waals surface area contributed by atoms with Gasteiger partial charge in [0.2, 0.25) is 11.1 Å². The molecule has 3 aromatic rings. The van der Waals surface area contributed by atoms with Crippen LogP contribution in [0.4, 0.5) is 10.1 Å². The number of halogens is 1. The standard InChI is InChI=1S/C17H16FN5O2S/c1-25-12-8-6-11(7-9-12)16-21-22-17(23(16)19)26-10-15(24)20-14-5-3-2-4-13(14)18/h2-9H,10,19H2,1H3,(H,20,24). The largest absolute Gasteiger partial charge is 0.497 e. The van der Waals surface area contributed by atoms with E-state index in [0.717, 1.165) is 23.1 Å². The number of nitrogen functional groups attached to an aromatic ring is 1. The van der Waals surface area contributed by atoms with Crippen LogP contribution in [0, 0.1) is 5.82 Å². The molecule has 0 atom stereocenters. The van der Waals surface area contributed by atoms with Crippen molar-refractivity contribution in [1.29, 1.82) is 0 Å². The Morgan fingerprint density at radius 3 is 2.65 bits per heavy atom. The van der Waals surface area contributed by atoms with Crippen molar-refractivity contribution in [2.45, 2.75) is 5.16 Å². The molecule has 0 radical (unpaired) electrons. The molecular weight excluding hydrogens is 357 g/mol. The lowest BCUT2D eigenvalue weighted by Gasteiger charge is -2.06. The third-order valence-electron chi connectivity index (χ3n) is 3.49. The van der Waals surface area contributed by atoms with E-state index in [0.29, 0.717) is 11.0 Å². The van der Waals surface area contributed by atoms with Crippen LogP contribution < -0.4 is 15.9 Å². The molecule has 3 N–H and O–H groups in total. The monoisotopic (exact) mass is 373 g/mol. The van der Waals surface area contributed by atoms with Gasteiger partial charge in [0.15, 0.2) is 5.82 Å². The number of carbonyl (C=O) groups excluding carboxylic acids is 1. The van der Waals surface area contributed by atoms with Crippen LogP contribution in [0.5, 0.6) is 5.75 Å². The molecule has 0 aliphatic heterocycles. The number of para-hydroxylation sites is 1. The molecule has 0 saturated carbocycles. The molecule has 0 bridgehead atoms. The van der Waals surface area contributed by atoms with Gasteiger partial charge in [-0.15, -0.1) is 10.2 Å². The van der Waals surface area contributed by atoms with Gasteiger partial charge < -0.3 is 15.9 Å². The SMILES string of the molecule is COc1ccc(-c2nnc(SCC(=O)Nc3ccccc3F)n2N)cc1. The highest BCUT2D eigenvalue weighted by Gasteiger charge is 2.14. The highest BCUT2D eigenvalue weighted by molar-refractivity contribution is 7.99. The minimum atomic E-state index is -0.491. The van der Waals surface area contributed by atoms with Gasteiger partial charge in [0.25, 0.3) is 0 Å². The summed E-state index contributed by atoms with van der Waals surface area (Å²) in [5.41, 5.74) is 0.898. The first-order valence-corrected chi connectivity index (χ1v) is 8.59. The first-order chi connectivity index (χ1) is 12.6. The van der Waals surface area contributed by atoms with Crippen LogP contribution in [-0.2, 0) is 4.79 Å². The van der Waals surface area contributed by atoms with Gasteiger partial charge in [0.1, 0.15) is 11.6 Å². The quantitative estimate of drug-likeness (QED) is 0.509. The predicted molar refractivity (Wildman–Crippen MR) is 97.9 cm³/mol. The number of aromatic nitrogens is 3. The second kappa shape index (κ2) is 7.87. The van der Waals surface area contributed by atoms with Gasteiger partial charge in [-0.3, -0.25) is 4.79 Å². The molecule has 134 valence electrons. The molecule has 9 heteroatoms. The van der Waals surface area contributed by atoms with Gasteiger partial charge in [0, 0.05) is 5.56 Å². The molecule has 0 spiro atoms. The fourth-order valence-electron chi connectivity index (χ4n) is 2.19. The summed E-state index contributed by atoms with van der Waals surface area (Å²) in [6, 6.07) is 13.2. The van der Waals surface area contributed by atoms with Crippen LogP contribution in [0.1, 0.15) is 0 Å². The summed E-state index contributed by atoms with van der Waals surface area (Å²) in [4.78, 5) is 12.0. The molecule has 0 fully saturated rings. The Morgan fingerprint density at radius 2 is 1.96 bits per heavy atom. The van der Waals surface area contributed by atoms with Crippen LogP contribution in [0.25, 0.3) is 11.4 Å². The average molecular weight is 373 g/mol. The van der Waals surface area contributed by atoms with Gasteiger partial charge in [-0.2, -0.15) is 0 Å². The highest BCUT2D eigenvalue weighted by Crippen LogP contribution is 2.23. The number of amides is 1. The number of anilines is 1. The van der Waals surface area contributed by atoms with Gasteiger partial charge >= 0.3 is 0 Å². The van der Waals surface area contributed by atoms with Gasteiger partial charge in [-0.25, -0.2) is 9.07 Å². The smallest absolute Gasteiger partial charge is 0.234 e. The Balaban J connectivity index is 1.64. The van der Waals surface area contributed by atoms with E-state index in [2.05, 4.69) is 15.5 Å². The van der Waals surface area contributed by atoms with Gasteiger partial charge in [0.05, 0.1) is 18.6 Å². The second-order valence-electron chi connectivity index (χ2n) is 5.22. The third kappa shape index (κ3) is 3.94. The number of methoxy groups -OCH3 is 1. The fourth-order valence-corrected chi connectivity index (χ4v) is 2.85. The van der Waals surface area contributed by atoms with Crippen molar-refractivity contribution in [3.05, 3.63) is 54.3 Å². The lowest BCUT2D eigenvalue weighted by molar-refractivity contribution is -0.113.